The van der Waals surface area contributed by atoms with Crippen molar-refractivity contribution < 1.29 is 0 Å². The minimum Gasteiger partial charge on any atom is -0.399 e. The number of nitrogens with one attached hydrogen (secondary N) is 1. The van der Waals surface area contributed by atoms with Crippen molar-refractivity contribution in [2.75, 3.05) is 25.4 Å². The molecule has 1 aliphatic rings. The largest absolute Gasteiger partial charge is 0.399 e. The molecule has 0 amide bonds. The van der Waals surface area contributed by atoms with E-state index in [0.717, 1.165) is 31.9 Å². The fourth-order valence-electron chi connectivity index (χ4n) is 1.98. The lowest BCUT2D eigenvalue weighted by Crippen LogP contribution is -2.49. The van der Waals surface area contributed by atoms with E-state index in [1.165, 1.54) is 5.56 Å². The van der Waals surface area contributed by atoms with Gasteiger partial charge in [0.1, 0.15) is 0 Å². The molecule has 1 aliphatic heterocycles. The molecule has 0 saturated carbocycles. The number of piperazine rings is 1. The lowest BCUT2D eigenvalue weighted by atomic mass is 10.1. The predicted molar refractivity (Wildman–Crippen MR) is 63.6 cm³/mol. The van der Waals surface area contributed by atoms with E-state index in [9.17, 15) is 0 Å². The molecule has 0 bridgehead atoms. The Bertz CT molecular complexity index is 307. The van der Waals surface area contributed by atoms with Gasteiger partial charge in [-0.25, -0.2) is 0 Å². The normalized spacial score (nSPS) is 22.9. The number of hydrogen-bond donors (Lipinski definition) is 2. The Balaban J connectivity index is 1.98. The molecule has 0 aromatic heterocycles. The molecule has 0 radical (unpaired) electrons. The van der Waals surface area contributed by atoms with Crippen LogP contribution < -0.4 is 11.1 Å². The first-order valence-corrected chi connectivity index (χ1v) is 5.55. The van der Waals surface area contributed by atoms with Crippen LogP contribution in [0.5, 0.6) is 0 Å². The summed E-state index contributed by atoms with van der Waals surface area (Å²) in [6.07, 6.45) is 0. The van der Waals surface area contributed by atoms with Crippen molar-refractivity contribution in [2.45, 2.75) is 19.5 Å². The topological polar surface area (TPSA) is 41.3 Å². The highest BCUT2D eigenvalue weighted by atomic mass is 15.2. The third-order valence-electron chi connectivity index (χ3n) is 3.00. The summed E-state index contributed by atoms with van der Waals surface area (Å²) in [6.45, 7) is 6.62. The summed E-state index contributed by atoms with van der Waals surface area (Å²) in [6, 6.07) is 8.80. The van der Waals surface area contributed by atoms with Gasteiger partial charge in [0.05, 0.1) is 0 Å². The van der Waals surface area contributed by atoms with E-state index in [0.29, 0.717) is 6.04 Å². The Labute approximate surface area is 91.3 Å². The molecule has 1 aromatic rings. The Kier molecular flexibility index (Phi) is 3.23. The summed E-state index contributed by atoms with van der Waals surface area (Å²) >= 11 is 0. The second kappa shape index (κ2) is 4.64. The fourth-order valence-corrected chi connectivity index (χ4v) is 1.98. The van der Waals surface area contributed by atoms with Gasteiger partial charge in [0.25, 0.3) is 0 Å². The minimum atomic E-state index is 0.622. The summed E-state index contributed by atoms with van der Waals surface area (Å²) in [5, 5.41) is 3.40. The zero-order valence-corrected chi connectivity index (χ0v) is 9.24. The molecule has 1 fully saturated rings. The first-order chi connectivity index (χ1) is 7.25. The smallest absolute Gasteiger partial charge is 0.0314 e. The highest BCUT2D eigenvalue weighted by Crippen LogP contribution is 2.11. The molecule has 0 aliphatic carbocycles. The molecular formula is C12H19N3. The van der Waals surface area contributed by atoms with Crippen LogP contribution in [-0.4, -0.2) is 30.6 Å². The van der Waals surface area contributed by atoms with Crippen LogP contribution >= 0.6 is 0 Å². The molecule has 1 saturated heterocycles. The van der Waals surface area contributed by atoms with E-state index in [4.69, 9.17) is 5.73 Å². The second-order valence-corrected chi connectivity index (χ2v) is 4.27. The van der Waals surface area contributed by atoms with Gasteiger partial charge in [-0.05, 0) is 24.6 Å². The van der Waals surface area contributed by atoms with Crippen LogP contribution in [0.15, 0.2) is 24.3 Å². The molecule has 1 atom stereocenters. The molecule has 1 aromatic carbocycles. The number of hydrogen-bond acceptors (Lipinski definition) is 3. The van der Waals surface area contributed by atoms with Crippen molar-refractivity contribution in [3.8, 4) is 0 Å². The van der Waals surface area contributed by atoms with Crippen molar-refractivity contribution >= 4 is 5.69 Å². The van der Waals surface area contributed by atoms with Crippen LogP contribution in [0.3, 0.4) is 0 Å². The van der Waals surface area contributed by atoms with E-state index in [-0.39, 0.29) is 0 Å². The third-order valence-corrected chi connectivity index (χ3v) is 3.00. The molecule has 82 valence electrons. The summed E-state index contributed by atoms with van der Waals surface area (Å²) < 4.78 is 0. The van der Waals surface area contributed by atoms with Gasteiger partial charge in [-0.15, -0.1) is 0 Å². The summed E-state index contributed by atoms with van der Waals surface area (Å²) in [7, 11) is 0. The maximum atomic E-state index is 5.66. The predicted octanol–water partition coefficient (Wildman–Crippen LogP) is 1.06. The molecule has 1 unspecified atom stereocenters. The maximum absolute atomic E-state index is 5.66. The van der Waals surface area contributed by atoms with Crippen LogP contribution in [0.4, 0.5) is 5.69 Å². The minimum absolute atomic E-state index is 0.622. The average molecular weight is 205 g/mol. The molecule has 15 heavy (non-hydrogen) atoms. The number of nitrogen functional groups attached to an aromatic ring is 1. The lowest BCUT2D eigenvalue weighted by molar-refractivity contribution is 0.165. The summed E-state index contributed by atoms with van der Waals surface area (Å²) in [5.41, 5.74) is 7.85. The van der Waals surface area contributed by atoms with Crippen LogP contribution in [0.25, 0.3) is 0 Å². The number of benzene rings is 1. The Morgan fingerprint density at radius 1 is 1.40 bits per heavy atom. The van der Waals surface area contributed by atoms with E-state index >= 15 is 0 Å². The van der Waals surface area contributed by atoms with Gasteiger partial charge in [0, 0.05) is 37.9 Å². The quantitative estimate of drug-likeness (QED) is 0.709. The van der Waals surface area contributed by atoms with Crippen molar-refractivity contribution in [1.29, 1.82) is 0 Å². The van der Waals surface area contributed by atoms with Gasteiger partial charge in [0.2, 0.25) is 0 Å². The summed E-state index contributed by atoms with van der Waals surface area (Å²) in [5.74, 6) is 0. The standard InChI is InChI=1S/C12H19N3/c1-10-8-14-6-7-15(10)9-11-2-4-12(13)5-3-11/h2-5,10,14H,6-9,13H2,1H3. The number of nitrogens with two attached hydrogens (primary N) is 1. The first-order valence-electron chi connectivity index (χ1n) is 5.55. The van der Waals surface area contributed by atoms with E-state index < -0.39 is 0 Å². The lowest BCUT2D eigenvalue weighted by Gasteiger charge is -2.33. The van der Waals surface area contributed by atoms with Gasteiger partial charge in [0.15, 0.2) is 0 Å². The Hall–Kier alpha value is -1.06. The van der Waals surface area contributed by atoms with Crippen molar-refractivity contribution in [1.82, 2.24) is 10.2 Å². The molecule has 0 spiro atoms. The van der Waals surface area contributed by atoms with Crippen molar-refractivity contribution in [3.05, 3.63) is 29.8 Å². The van der Waals surface area contributed by atoms with Gasteiger partial charge in [-0.3, -0.25) is 4.90 Å². The highest BCUT2D eigenvalue weighted by molar-refractivity contribution is 5.39. The van der Waals surface area contributed by atoms with Crippen LogP contribution in [0, 0.1) is 0 Å². The van der Waals surface area contributed by atoms with E-state index in [1.807, 2.05) is 12.1 Å². The SMILES string of the molecule is CC1CNCCN1Cc1ccc(N)cc1. The Morgan fingerprint density at radius 3 is 2.80 bits per heavy atom. The van der Waals surface area contributed by atoms with Gasteiger partial charge in [-0.2, -0.15) is 0 Å². The maximum Gasteiger partial charge on any atom is 0.0314 e. The van der Waals surface area contributed by atoms with Gasteiger partial charge in [-0.1, -0.05) is 12.1 Å². The zero-order valence-electron chi connectivity index (χ0n) is 9.24. The molecule has 2 rings (SSSR count). The summed E-state index contributed by atoms with van der Waals surface area (Å²) in [4.78, 5) is 2.50. The van der Waals surface area contributed by atoms with Crippen LogP contribution in [0.2, 0.25) is 0 Å². The van der Waals surface area contributed by atoms with Crippen molar-refractivity contribution in [3.63, 3.8) is 0 Å². The third kappa shape index (κ3) is 2.70. The number of nitrogens with zero attached hydrogens (tertiary/aromatic N) is 1. The van der Waals surface area contributed by atoms with Crippen molar-refractivity contribution in [2.24, 2.45) is 0 Å². The Morgan fingerprint density at radius 2 is 2.13 bits per heavy atom. The van der Waals surface area contributed by atoms with Crippen LogP contribution in [-0.2, 0) is 6.54 Å². The van der Waals surface area contributed by atoms with E-state index in [2.05, 4.69) is 29.3 Å². The fraction of sp³-hybridized carbons (Fsp3) is 0.500. The molecule has 3 heteroatoms. The molecule has 3 N–H and O–H groups in total. The van der Waals surface area contributed by atoms with Gasteiger partial charge >= 0.3 is 0 Å². The second-order valence-electron chi connectivity index (χ2n) is 4.27. The first kappa shape index (κ1) is 10.5. The van der Waals surface area contributed by atoms with E-state index in [1.54, 1.807) is 0 Å². The number of anilines is 1. The zero-order chi connectivity index (χ0) is 10.7. The van der Waals surface area contributed by atoms with Gasteiger partial charge < -0.3 is 11.1 Å². The average Bonchev–Trinajstić information content (AvgIpc) is 2.25. The number of rotatable bonds is 2. The molecule has 3 nitrogen and oxygen atoms in total. The van der Waals surface area contributed by atoms with Crippen LogP contribution in [0.1, 0.15) is 12.5 Å². The molecule has 1 heterocycles. The monoisotopic (exact) mass is 205 g/mol. The molecular weight excluding hydrogens is 186 g/mol. The highest BCUT2D eigenvalue weighted by Gasteiger charge is 2.17.